The summed E-state index contributed by atoms with van der Waals surface area (Å²) < 4.78 is 0.947. The van der Waals surface area contributed by atoms with Crippen molar-refractivity contribution in [1.82, 2.24) is 4.90 Å². The molecule has 0 bridgehead atoms. The Labute approximate surface area is 116 Å². The van der Waals surface area contributed by atoms with E-state index in [0.29, 0.717) is 12.6 Å². The predicted octanol–water partition coefficient (Wildman–Crippen LogP) is 3.32. The first-order valence-corrected chi connectivity index (χ1v) is 7.71. The Morgan fingerprint density at radius 2 is 2.24 bits per heavy atom. The Balaban J connectivity index is 2.60. The van der Waals surface area contributed by atoms with Gasteiger partial charge >= 0.3 is 0 Å². The van der Waals surface area contributed by atoms with Crippen LogP contribution < -0.4 is 0 Å². The van der Waals surface area contributed by atoms with Gasteiger partial charge in [0, 0.05) is 21.8 Å². The van der Waals surface area contributed by atoms with E-state index < -0.39 is 0 Å². The van der Waals surface area contributed by atoms with E-state index in [2.05, 4.69) is 34.0 Å². The molecular formula is C13H18BrNOS. The molecule has 0 spiro atoms. The van der Waals surface area contributed by atoms with Gasteiger partial charge in [0.25, 0.3) is 0 Å². The maximum absolute atomic E-state index is 12.0. The molecule has 0 amide bonds. The summed E-state index contributed by atoms with van der Waals surface area (Å²) in [6, 6.07) is 7.97. The largest absolute Gasteiger partial charge is 0.295 e. The average molecular weight is 316 g/mol. The summed E-state index contributed by atoms with van der Waals surface area (Å²) in [5.74, 6) is 1.21. The highest BCUT2D eigenvalue weighted by Gasteiger charge is 2.14. The maximum atomic E-state index is 12.0. The Hall–Kier alpha value is -0.320. The quantitative estimate of drug-likeness (QED) is 0.751. The van der Waals surface area contributed by atoms with Gasteiger partial charge in [-0.25, -0.2) is 0 Å². The Morgan fingerprint density at radius 3 is 2.82 bits per heavy atom. The molecule has 0 aromatic heterocycles. The smallest absolute Gasteiger partial charge is 0.176 e. The summed E-state index contributed by atoms with van der Waals surface area (Å²) in [5, 5.41) is 0. The molecule has 1 unspecified atom stereocenters. The van der Waals surface area contributed by atoms with Gasteiger partial charge in [-0.1, -0.05) is 28.1 Å². The molecule has 1 aromatic rings. The van der Waals surface area contributed by atoms with Gasteiger partial charge in [0.1, 0.15) is 0 Å². The first-order chi connectivity index (χ1) is 8.04. The van der Waals surface area contributed by atoms with Crippen LogP contribution in [-0.2, 0) is 0 Å². The van der Waals surface area contributed by atoms with Crippen LogP contribution >= 0.6 is 27.7 Å². The molecule has 2 nitrogen and oxygen atoms in total. The number of hydrogen-bond acceptors (Lipinski definition) is 3. The van der Waals surface area contributed by atoms with E-state index in [-0.39, 0.29) is 5.78 Å². The number of likely N-dealkylation sites (N-methyl/N-ethyl adjacent to an activating group) is 1. The van der Waals surface area contributed by atoms with Crippen LogP contribution in [-0.4, -0.2) is 42.3 Å². The van der Waals surface area contributed by atoms with Gasteiger partial charge in [0.2, 0.25) is 0 Å². The minimum Gasteiger partial charge on any atom is -0.295 e. The number of nitrogens with zero attached hydrogens (tertiary/aromatic N) is 1. The van der Waals surface area contributed by atoms with Crippen LogP contribution in [0.2, 0.25) is 0 Å². The highest BCUT2D eigenvalue weighted by atomic mass is 79.9. The van der Waals surface area contributed by atoms with Crippen LogP contribution in [0.25, 0.3) is 0 Å². The molecule has 1 atom stereocenters. The lowest BCUT2D eigenvalue weighted by Crippen LogP contribution is -2.35. The fourth-order valence-electron chi connectivity index (χ4n) is 1.50. The molecule has 1 aromatic carbocycles. The highest BCUT2D eigenvalue weighted by molar-refractivity contribution is 9.10. The minimum atomic E-state index is 0.168. The van der Waals surface area contributed by atoms with Crippen molar-refractivity contribution < 1.29 is 4.79 Å². The van der Waals surface area contributed by atoms with Gasteiger partial charge in [0.15, 0.2) is 5.78 Å². The number of ketones is 1. The van der Waals surface area contributed by atoms with Crippen molar-refractivity contribution in [3.05, 3.63) is 34.3 Å². The molecule has 0 N–H and O–H groups in total. The SMILES string of the molecule is CSCC(C)N(C)CC(=O)c1cccc(Br)c1. The number of carbonyl (C=O) groups is 1. The molecule has 0 fully saturated rings. The number of hydrogen-bond donors (Lipinski definition) is 0. The summed E-state index contributed by atoms with van der Waals surface area (Å²) in [6.45, 7) is 2.61. The lowest BCUT2D eigenvalue weighted by molar-refractivity contribution is 0.0931. The van der Waals surface area contributed by atoms with Gasteiger partial charge in [-0.3, -0.25) is 9.69 Å². The van der Waals surface area contributed by atoms with Crippen molar-refractivity contribution in [3.63, 3.8) is 0 Å². The van der Waals surface area contributed by atoms with E-state index in [1.54, 1.807) is 11.8 Å². The molecule has 0 aliphatic rings. The molecule has 0 aliphatic heterocycles. The second-order valence-corrected chi connectivity index (χ2v) is 5.98. The van der Waals surface area contributed by atoms with E-state index >= 15 is 0 Å². The average Bonchev–Trinajstić information content (AvgIpc) is 2.29. The fraction of sp³-hybridized carbons (Fsp3) is 0.462. The van der Waals surface area contributed by atoms with Crippen LogP contribution in [0, 0.1) is 0 Å². The van der Waals surface area contributed by atoms with Gasteiger partial charge in [-0.15, -0.1) is 0 Å². The normalized spacial score (nSPS) is 12.8. The van der Waals surface area contributed by atoms with Crippen LogP contribution in [0.15, 0.2) is 28.7 Å². The zero-order valence-corrected chi connectivity index (χ0v) is 12.8. The minimum absolute atomic E-state index is 0.168. The van der Waals surface area contributed by atoms with Crippen LogP contribution in [0.4, 0.5) is 0 Å². The zero-order valence-electron chi connectivity index (χ0n) is 10.4. The number of rotatable bonds is 6. The van der Waals surface area contributed by atoms with E-state index in [9.17, 15) is 4.79 Å². The molecule has 17 heavy (non-hydrogen) atoms. The molecule has 0 saturated heterocycles. The third kappa shape index (κ3) is 4.82. The number of carbonyl (C=O) groups excluding carboxylic acids is 1. The standard InChI is InChI=1S/C13H18BrNOS/c1-10(9-17-3)15(2)8-13(16)11-5-4-6-12(14)7-11/h4-7,10H,8-9H2,1-3H3. The van der Waals surface area contributed by atoms with Crippen molar-refractivity contribution >= 4 is 33.5 Å². The van der Waals surface area contributed by atoms with Crippen molar-refractivity contribution in [1.29, 1.82) is 0 Å². The molecular weight excluding hydrogens is 298 g/mol. The first kappa shape index (κ1) is 14.7. The van der Waals surface area contributed by atoms with E-state index in [1.165, 1.54) is 0 Å². The van der Waals surface area contributed by atoms with Gasteiger partial charge in [-0.05, 0) is 32.4 Å². The molecule has 94 valence electrons. The van der Waals surface area contributed by atoms with Crippen molar-refractivity contribution in [2.24, 2.45) is 0 Å². The van der Waals surface area contributed by atoms with E-state index in [4.69, 9.17) is 0 Å². The van der Waals surface area contributed by atoms with E-state index in [1.807, 2.05) is 31.3 Å². The van der Waals surface area contributed by atoms with E-state index in [0.717, 1.165) is 15.8 Å². The maximum Gasteiger partial charge on any atom is 0.176 e. The third-order valence-electron chi connectivity index (χ3n) is 2.70. The molecule has 0 saturated carbocycles. The number of halogens is 1. The Bertz CT molecular complexity index is 383. The van der Waals surface area contributed by atoms with Crippen molar-refractivity contribution in [3.8, 4) is 0 Å². The van der Waals surface area contributed by atoms with Crippen molar-refractivity contribution in [2.75, 3.05) is 25.6 Å². The number of thioether (sulfide) groups is 1. The lowest BCUT2D eigenvalue weighted by Gasteiger charge is -2.23. The summed E-state index contributed by atoms with van der Waals surface area (Å²) in [6.07, 6.45) is 2.08. The molecule has 0 radical (unpaired) electrons. The van der Waals surface area contributed by atoms with Crippen LogP contribution in [0.3, 0.4) is 0 Å². The van der Waals surface area contributed by atoms with Crippen molar-refractivity contribution in [2.45, 2.75) is 13.0 Å². The molecule has 0 aliphatic carbocycles. The summed E-state index contributed by atoms with van der Waals surface area (Å²) in [7, 11) is 2.00. The zero-order chi connectivity index (χ0) is 12.8. The highest BCUT2D eigenvalue weighted by Crippen LogP contribution is 2.13. The summed E-state index contributed by atoms with van der Waals surface area (Å²) >= 11 is 5.18. The Kier molecular flexibility index (Phi) is 6.23. The second kappa shape index (κ2) is 7.19. The lowest BCUT2D eigenvalue weighted by atomic mass is 10.1. The van der Waals surface area contributed by atoms with Crippen LogP contribution in [0.5, 0.6) is 0 Å². The fourth-order valence-corrected chi connectivity index (χ4v) is 2.64. The summed E-state index contributed by atoms with van der Waals surface area (Å²) in [4.78, 5) is 14.1. The molecule has 4 heteroatoms. The molecule has 0 heterocycles. The molecule has 1 rings (SSSR count). The van der Waals surface area contributed by atoms with Crippen LogP contribution in [0.1, 0.15) is 17.3 Å². The number of benzene rings is 1. The second-order valence-electron chi connectivity index (χ2n) is 4.15. The number of Topliss-reactive ketones (excluding diaryl/α,β-unsaturated/α-hetero) is 1. The Morgan fingerprint density at radius 1 is 1.53 bits per heavy atom. The topological polar surface area (TPSA) is 20.3 Å². The third-order valence-corrected chi connectivity index (χ3v) is 4.01. The first-order valence-electron chi connectivity index (χ1n) is 5.52. The monoisotopic (exact) mass is 315 g/mol. The predicted molar refractivity (Wildman–Crippen MR) is 78.9 cm³/mol. The van der Waals surface area contributed by atoms with Gasteiger partial charge in [-0.2, -0.15) is 11.8 Å². The van der Waals surface area contributed by atoms with Gasteiger partial charge in [0.05, 0.1) is 6.54 Å². The van der Waals surface area contributed by atoms with Gasteiger partial charge < -0.3 is 0 Å². The summed E-state index contributed by atoms with van der Waals surface area (Å²) in [5.41, 5.74) is 0.766.